The molecule has 0 saturated heterocycles. The molecule has 0 aliphatic rings. The van der Waals surface area contributed by atoms with Crippen LogP contribution in [0.5, 0.6) is 0 Å². The van der Waals surface area contributed by atoms with Crippen molar-refractivity contribution in [1.29, 1.82) is 0 Å². The lowest BCUT2D eigenvalue weighted by Crippen LogP contribution is -2.27. The van der Waals surface area contributed by atoms with Crippen LogP contribution < -0.4 is 16.2 Å². The molecule has 1 aromatic carbocycles. The number of benzene rings is 1. The van der Waals surface area contributed by atoms with Crippen molar-refractivity contribution in [2.75, 3.05) is 11.9 Å². The van der Waals surface area contributed by atoms with Crippen LogP contribution in [0.25, 0.3) is 0 Å². The summed E-state index contributed by atoms with van der Waals surface area (Å²) in [6.07, 6.45) is 3.25. The van der Waals surface area contributed by atoms with Crippen LogP contribution in [0.4, 0.5) is 11.5 Å². The monoisotopic (exact) mass is 287 g/mol. The molecule has 1 heterocycles. The van der Waals surface area contributed by atoms with Gasteiger partial charge in [-0.2, -0.15) is 0 Å². The average molecular weight is 287 g/mol. The van der Waals surface area contributed by atoms with Crippen molar-refractivity contribution < 1.29 is 5.21 Å². The predicted octanol–water partition coefficient (Wildman–Crippen LogP) is 1.13. The first kappa shape index (κ1) is 14.6. The Morgan fingerprint density at radius 1 is 1.43 bits per heavy atom. The van der Waals surface area contributed by atoms with Gasteiger partial charge in [-0.3, -0.25) is 4.79 Å². The molecule has 0 aliphatic carbocycles. The van der Waals surface area contributed by atoms with Gasteiger partial charge in [0.25, 0.3) is 5.56 Å². The van der Waals surface area contributed by atoms with Crippen molar-refractivity contribution in [1.82, 2.24) is 9.55 Å². The maximum Gasteiger partial charge on any atom is 0.293 e. The number of hydrogen-bond donors (Lipinski definition) is 2. The number of amidine groups is 1. The van der Waals surface area contributed by atoms with E-state index in [2.05, 4.69) is 10.1 Å². The molecule has 0 atom stereocenters. The second-order valence-corrected chi connectivity index (χ2v) is 4.43. The molecule has 0 aliphatic heterocycles. The normalized spacial score (nSPS) is 11.4. The summed E-state index contributed by atoms with van der Waals surface area (Å²) in [6, 6.07) is 6.97. The van der Waals surface area contributed by atoms with Gasteiger partial charge in [0.05, 0.1) is 0 Å². The fraction of sp³-hybridized carbons (Fsp3) is 0.214. The van der Waals surface area contributed by atoms with E-state index in [0.29, 0.717) is 17.9 Å². The van der Waals surface area contributed by atoms with Gasteiger partial charge in [0.2, 0.25) is 0 Å². The van der Waals surface area contributed by atoms with Crippen LogP contribution >= 0.6 is 0 Å². The number of aromatic nitrogens is 2. The maximum atomic E-state index is 12.2. The molecule has 21 heavy (non-hydrogen) atoms. The fourth-order valence-electron chi connectivity index (χ4n) is 1.95. The lowest BCUT2D eigenvalue weighted by atomic mass is 10.2. The summed E-state index contributed by atoms with van der Waals surface area (Å²) in [5.41, 5.74) is 6.74. The Balaban J connectivity index is 2.36. The Morgan fingerprint density at radius 2 is 2.10 bits per heavy atom. The number of oxime groups is 1. The Hall–Kier alpha value is -2.83. The molecule has 0 fully saturated rings. The summed E-state index contributed by atoms with van der Waals surface area (Å²) in [6.45, 7) is 2.49. The van der Waals surface area contributed by atoms with E-state index in [1.54, 1.807) is 53.2 Å². The van der Waals surface area contributed by atoms with E-state index in [-0.39, 0.29) is 11.4 Å². The molecule has 7 heteroatoms. The van der Waals surface area contributed by atoms with E-state index in [4.69, 9.17) is 10.9 Å². The molecule has 0 amide bonds. The molecule has 0 saturated carbocycles. The van der Waals surface area contributed by atoms with Gasteiger partial charge in [0, 0.05) is 37.2 Å². The maximum absolute atomic E-state index is 12.2. The van der Waals surface area contributed by atoms with Gasteiger partial charge in [0.1, 0.15) is 0 Å². The molecule has 0 unspecified atom stereocenters. The Labute approximate surface area is 122 Å². The summed E-state index contributed by atoms with van der Waals surface area (Å²) >= 11 is 0. The van der Waals surface area contributed by atoms with Crippen LogP contribution in [0.1, 0.15) is 12.5 Å². The predicted molar refractivity (Wildman–Crippen MR) is 81.2 cm³/mol. The number of nitrogens with two attached hydrogens (primary N) is 1. The smallest absolute Gasteiger partial charge is 0.293 e. The highest BCUT2D eigenvalue weighted by Gasteiger charge is 2.11. The van der Waals surface area contributed by atoms with Crippen LogP contribution in [0.15, 0.2) is 46.6 Å². The zero-order valence-corrected chi connectivity index (χ0v) is 11.9. The van der Waals surface area contributed by atoms with E-state index in [0.717, 1.165) is 5.69 Å². The first-order valence-electron chi connectivity index (χ1n) is 6.45. The van der Waals surface area contributed by atoms with E-state index in [9.17, 15) is 4.79 Å². The van der Waals surface area contributed by atoms with Crippen molar-refractivity contribution >= 4 is 17.3 Å². The Kier molecular flexibility index (Phi) is 4.22. The summed E-state index contributed by atoms with van der Waals surface area (Å²) in [5, 5.41) is 11.6. The van der Waals surface area contributed by atoms with E-state index < -0.39 is 0 Å². The molecule has 2 aromatic rings. The Bertz CT molecular complexity index is 706. The van der Waals surface area contributed by atoms with E-state index in [1.165, 1.54) is 0 Å². The third kappa shape index (κ3) is 2.86. The van der Waals surface area contributed by atoms with E-state index >= 15 is 0 Å². The number of anilines is 2. The first-order valence-corrected chi connectivity index (χ1v) is 6.45. The highest BCUT2D eigenvalue weighted by Crippen LogP contribution is 2.19. The molecule has 3 N–H and O–H groups in total. The molecule has 110 valence electrons. The van der Waals surface area contributed by atoms with Gasteiger partial charge >= 0.3 is 0 Å². The minimum atomic E-state index is -0.150. The highest BCUT2D eigenvalue weighted by atomic mass is 16.4. The summed E-state index contributed by atoms with van der Waals surface area (Å²) in [5.74, 6) is 0.381. The van der Waals surface area contributed by atoms with Crippen molar-refractivity contribution in [3.8, 4) is 0 Å². The van der Waals surface area contributed by atoms with Gasteiger partial charge in [-0.15, -0.1) is 0 Å². The number of nitrogens with zero attached hydrogens (tertiary/aromatic N) is 4. The van der Waals surface area contributed by atoms with Gasteiger partial charge < -0.3 is 20.4 Å². The highest BCUT2D eigenvalue weighted by molar-refractivity contribution is 5.97. The number of rotatable bonds is 4. The topological polar surface area (TPSA) is 96.7 Å². The minimum absolute atomic E-state index is 0.0374. The second kappa shape index (κ2) is 6.08. The quantitative estimate of drug-likeness (QED) is 0.380. The number of hydrogen-bond acceptors (Lipinski definition) is 5. The third-order valence-electron chi connectivity index (χ3n) is 3.21. The molecule has 0 spiro atoms. The van der Waals surface area contributed by atoms with Crippen molar-refractivity contribution in [2.24, 2.45) is 10.9 Å². The van der Waals surface area contributed by atoms with Gasteiger partial charge in [-0.1, -0.05) is 5.16 Å². The van der Waals surface area contributed by atoms with Crippen LogP contribution in [-0.4, -0.2) is 27.6 Å². The minimum Gasteiger partial charge on any atom is -0.409 e. The average Bonchev–Trinajstić information content (AvgIpc) is 2.54. The first-order chi connectivity index (χ1) is 10.1. The standard InChI is InChI=1S/C14H17N5O2/c1-3-19-9-8-16-13(14(19)20)18(2)11-6-4-10(5-7-11)12(15)17-21/h4-9,21H,3H2,1-2H3,(H2,15,17). The third-order valence-corrected chi connectivity index (χ3v) is 3.21. The van der Waals surface area contributed by atoms with Gasteiger partial charge in [-0.05, 0) is 31.2 Å². The van der Waals surface area contributed by atoms with E-state index in [1.807, 2.05) is 6.92 Å². The Morgan fingerprint density at radius 3 is 2.67 bits per heavy atom. The van der Waals surface area contributed by atoms with Crippen molar-refractivity contribution in [3.63, 3.8) is 0 Å². The zero-order valence-electron chi connectivity index (χ0n) is 11.9. The lowest BCUT2D eigenvalue weighted by Gasteiger charge is -2.18. The van der Waals surface area contributed by atoms with Crippen LogP contribution in [-0.2, 0) is 6.54 Å². The van der Waals surface area contributed by atoms with Crippen LogP contribution in [0.3, 0.4) is 0 Å². The van der Waals surface area contributed by atoms with Gasteiger partial charge in [-0.25, -0.2) is 4.98 Å². The summed E-state index contributed by atoms with van der Waals surface area (Å²) < 4.78 is 1.59. The molecule has 2 rings (SSSR count). The van der Waals surface area contributed by atoms with Crippen LogP contribution in [0, 0.1) is 0 Å². The largest absolute Gasteiger partial charge is 0.409 e. The summed E-state index contributed by atoms with van der Waals surface area (Å²) in [4.78, 5) is 18.1. The van der Waals surface area contributed by atoms with Crippen molar-refractivity contribution in [3.05, 3.63) is 52.6 Å². The molecule has 1 aromatic heterocycles. The molecule has 0 bridgehead atoms. The fourth-order valence-corrected chi connectivity index (χ4v) is 1.95. The molecule has 0 radical (unpaired) electrons. The molecular weight excluding hydrogens is 270 g/mol. The lowest BCUT2D eigenvalue weighted by molar-refractivity contribution is 0.318. The van der Waals surface area contributed by atoms with Crippen LogP contribution in [0.2, 0.25) is 0 Å². The van der Waals surface area contributed by atoms with Gasteiger partial charge in [0.15, 0.2) is 11.7 Å². The SMILES string of the molecule is CCn1ccnc(N(C)c2ccc(C(N)=NO)cc2)c1=O. The molecular formula is C14H17N5O2. The summed E-state index contributed by atoms with van der Waals surface area (Å²) in [7, 11) is 1.77. The molecule has 7 nitrogen and oxygen atoms in total. The zero-order chi connectivity index (χ0) is 15.4. The second-order valence-electron chi connectivity index (χ2n) is 4.43. The van der Waals surface area contributed by atoms with Crippen molar-refractivity contribution in [2.45, 2.75) is 13.5 Å². The number of aryl methyl sites for hydroxylation is 1.